The molecule has 5 nitrogen and oxygen atoms in total. The number of aliphatic hydroxyl groups excluding tert-OH is 1. The van der Waals surface area contributed by atoms with Crippen LogP contribution in [0.1, 0.15) is 28.4 Å². The Morgan fingerprint density at radius 2 is 1.77 bits per heavy atom. The zero-order chi connectivity index (χ0) is 21.1. The lowest BCUT2D eigenvalue weighted by Crippen LogP contribution is -2.34. The van der Waals surface area contributed by atoms with Gasteiger partial charge in [0.25, 0.3) is 0 Å². The molecule has 0 saturated carbocycles. The highest BCUT2D eigenvalue weighted by Crippen LogP contribution is 2.30. The molecule has 0 amide bonds. The minimum Gasteiger partial charge on any atom is -0.489 e. The first-order valence-electron chi connectivity index (χ1n) is 9.98. The van der Waals surface area contributed by atoms with Crippen LogP contribution in [0.25, 0.3) is 0 Å². The van der Waals surface area contributed by atoms with E-state index in [1.807, 2.05) is 55.5 Å². The van der Waals surface area contributed by atoms with Crippen molar-refractivity contribution in [1.29, 1.82) is 0 Å². The summed E-state index contributed by atoms with van der Waals surface area (Å²) in [5, 5.41) is 10.7. The summed E-state index contributed by atoms with van der Waals surface area (Å²) >= 11 is 0. The Bertz CT molecular complexity index is 1110. The standard InChI is InChI=1S/C24H25NO4S/c1-18-7-10-22(11-8-18)30(27,28)25-14-13-20-15-21(9-12-23(20)24(26)16-25)29-17-19-5-3-2-4-6-19/h2-12,15,24,26H,13-14,16-17H2,1H3. The number of hydrogen-bond acceptors (Lipinski definition) is 4. The summed E-state index contributed by atoms with van der Waals surface area (Å²) in [4.78, 5) is 0.248. The molecule has 0 spiro atoms. The van der Waals surface area contributed by atoms with Crippen molar-refractivity contribution in [3.05, 3.63) is 95.1 Å². The highest BCUT2D eigenvalue weighted by molar-refractivity contribution is 7.89. The van der Waals surface area contributed by atoms with E-state index in [1.165, 1.54) is 4.31 Å². The monoisotopic (exact) mass is 423 g/mol. The molecule has 3 aromatic carbocycles. The lowest BCUT2D eigenvalue weighted by atomic mass is 10.0. The minimum absolute atomic E-state index is 0.0351. The van der Waals surface area contributed by atoms with Gasteiger partial charge in [-0.05, 0) is 54.3 Å². The Balaban J connectivity index is 1.52. The molecule has 1 aliphatic heterocycles. The van der Waals surface area contributed by atoms with Gasteiger partial charge in [-0.1, -0.05) is 54.1 Å². The quantitative estimate of drug-likeness (QED) is 0.677. The third kappa shape index (κ3) is 4.41. The molecule has 1 atom stereocenters. The number of β-amino-alcohol motifs (C(OH)–C–C–N with tert-alkyl or cyclic N) is 1. The van der Waals surface area contributed by atoms with E-state index in [1.54, 1.807) is 24.3 Å². The van der Waals surface area contributed by atoms with Gasteiger partial charge in [-0.25, -0.2) is 8.42 Å². The Hall–Kier alpha value is -2.67. The fourth-order valence-electron chi connectivity index (χ4n) is 3.66. The summed E-state index contributed by atoms with van der Waals surface area (Å²) in [6.45, 7) is 2.71. The van der Waals surface area contributed by atoms with Crippen molar-refractivity contribution < 1.29 is 18.3 Å². The van der Waals surface area contributed by atoms with Crippen molar-refractivity contribution in [2.24, 2.45) is 0 Å². The molecule has 156 valence electrons. The molecule has 1 aliphatic rings. The molecule has 1 heterocycles. The fourth-order valence-corrected chi connectivity index (χ4v) is 5.11. The van der Waals surface area contributed by atoms with Crippen LogP contribution in [0.2, 0.25) is 0 Å². The smallest absolute Gasteiger partial charge is 0.243 e. The largest absolute Gasteiger partial charge is 0.489 e. The number of benzene rings is 3. The second kappa shape index (κ2) is 8.60. The lowest BCUT2D eigenvalue weighted by Gasteiger charge is -2.22. The van der Waals surface area contributed by atoms with E-state index in [2.05, 4.69) is 0 Å². The zero-order valence-corrected chi connectivity index (χ0v) is 17.7. The summed E-state index contributed by atoms with van der Waals surface area (Å²) < 4.78 is 33.4. The van der Waals surface area contributed by atoms with Crippen LogP contribution in [0.15, 0.2) is 77.7 Å². The van der Waals surface area contributed by atoms with Crippen molar-refractivity contribution in [2.75, 3.05) is 13.1 Å². The van der Waals surface area contributed by atoms with Crippen molar-refractivity contribution in [3.63, 3.8) is 0 Å². The summed E-state index contributed by atoms with van der Waals surface area (Å²) in [6, 6.07) is 22.3. The Labute approximate surface area is 177 Å². The second-order valence-electron chi connectivity index (χ2n) is 7.58. The first-order valence-corrected chi connectivity index (χ1v) is 11.4. The Morgan fingerprint density at radius 3 is 2.50 bits per heavy atom. The van der Waals surface area contributed by atoms with E-state index in [4.69, 9.17) is 4.74 Å². The summed E-state index contributed by atoms with van der Waals surface area (Å²) in [6.07, 6.45) is -0.370. The molecule has 0 aliphatic carbocycles. The van der Waals surface area contributed by atoms with Gasteiger partial charge in [-0.15, -0.1) is 0 Å². The van der Waals surface area contributed by atoms with Crippen LogP contribution < -0.4 is 4.74 Å². The Morgan fingerprint density at radius 1 is 1.03 bits per heavy atom. The lowest BCUT2D eigenvalue weighted by molar-refractivity contribution is 0.153. The molecule has 0 radical (unpaired) electrons. The molecule has 1 N–H and O–H groups in total. The summed E-state index contributed by atoms with van der Waals surface area (Å²) in [5.74, 6) is 0.708. The topological polar surface area (TPSA) is 66.8 Å². The van der Waals surface area contributed by atoms with E-state index >= 15 is 0 Å². The third-order valence-corrected chi connectivity index (χ3v) is 7.27. The zero-order valence-electron chi connectivity index (χ0n) is 16.9. The van der Waals surface area contributed by atoms with Crippen LogP contribution in [-0.4, -0.2) is 30.9 Å². The molecule has 0 fully saturated rings. The summed E-state index contributed by atoms with van der Waals surface area (Å²) in [7, 11) is -3.67. The van der Waals surface area contributed by atoms with Gasteiger partial charge >= 0.3 is 0 Å². The average Bonchev–Trinajstić information content (AvgIpc) is 2.92. The second-order valence-corrected chi connectivity index (χ2v) is 9.51. The highest BCUT2D eigenvalue weighted by atomic mass is 32.2. The van der Waals surface area contributed by atoms with Crippen LogP contribution in [0.4, 0.5) is 0 Å². The number of fused-ring (bicyclic) bond motifs is 1. The number of ether oxygens (including phenoxy) is 1. The predicted octanol–water partition coefficient (Wildman–Crippen LogP) is 3.85. The predicted molar refractivity (Wildman–Crippen MR) is 116 cm³/mol. The highest BCUT2D eigenvalue weighted by Gasteiger charge is 2.30. The number of rotatable bonds is 5. The number of aryl methyl sites for hydroxylation is 1. The molecule has 0 bridgehead atoms. The maximum atomic E-state index is 13.1. The first-order chi connectivity index (χ1) is 14.4. The maximum absolute atomic E-state index is 13.1. The van der Waals surface area contributed by atoms with Gasteiger partial charge in [-0.3, -0.25) is 0 Å². The minimum atomic E-state index is -3.67. The van der Waals surface area contributed by atoms with Gasteiger partial charge in [-0.2, -0.15) is 4.31 Å². The molecule has 3 aromatic rings. The van der Waals surface area contributed by atoms with Crippen molar-refractivity contribution >= 4 is 10.0 Å². The fraction of sp³-hybridized carbons (Fsp3) is 0.250. The first kappa shape index (κ1) is 20.6. The van der Waals surface area contributed by atoms with Crippen molar-refractivity contribution in [1.82, 2.24) is 4.31 Å². The van der Waals surface area contributed by atoms with Crippen LogP contribution in [0.5, 0.6) is 5.75 Å². The van der Waals surface area contributed by atoms with Crippen LogP contribution in [0, 0.1) is 6.92 Å². The molecular weight excluding hydrogens is 398 g/mol. The van der Waals surface area contributed by atoms with Crippen LogP contribution >= 0.6 is 0 Å². The molecule has 0 saturated heterocycles. The van der Waals surface area contributed by atoms with E-state index in [0.717, 1.165) is 22.3 Å². The number of sulfonamides is 1. The summed E-state index contributed by atoms with van der Waals surface area (Å²) in [5.41, 5.74) is 3.74. The molecule has 1 unspecified atom stereocenters. The van der Waals surface area contributed by atoms with Gasteiger partial charge in [0.15, 0.2) is 0 Å². The van der Waals surface area contributed by atoms with E-state index in [0.29, 0.717) is 25.3 Å². The Kier molecular flexibility index (Phi) is 5.90. The molecular formula is C24H25NO4S. The molecule has 0 aromatic heterocycles. The number of nitrogens with zero attached hydrogens (tertiary/aromatic N) is 1. The van der Waals surface area contributed by atoms with Gasteiger partial charge in [0.2, 0.25) is 10.0 Å². The maximum Gasteiger partial charge on any atom is 0.243 e. The average molecular weight is 424 g/mol. The van der Waals surface area contributed by atoms with Crippen LogP contribution in [0.3, 0.4) is 0 Å². The molecule has 30 heavy (non-hydrogen) atoms. The number of hydrogen-bond donors (Lipinski definition) is 1. The van der Waals surface area contributed by atoms with Gasteiger partial charge in [0, 0.05) is 13.1 Å². The number of aliphatic hydroxyl groups is 1. The molecule has 6 heteroatoms. The third-order valence-electron chi connectivity index (χ3n) is 5.39. The SMILES string of the molecule is Cc1ccc(S(=O)(=O)N2CCc3cc(OCc4ccccc4)ccc3C(O)C2)cc1. The van der Waals surface area contributed by atoms with Gasteiger partial charge in [0.05, 0.1) is 11.0 Å². The normalized spacial score (nSPS) is 17.2. The van der Waals surface area contributed by atoms with Gasteiger partial charge < -0.3 is 9.84 Å². The van der Waals surface area contributed by atoms with E-state index in [9.17, 15) is 13.5 Å². The van der Waals surface area contributed by atoms with E-state index in [-0.39, 0.29) is 11.4 Å². The van der Waals surface area contributed by atoms with Crippen molar-refractivity contribution in [2.45, 2.75) is 31.0 Å². The van der Waals surface area contributed by atoms with Gasteiger partial charge in [0.1, 0.15) is 12.4 Å². The van der Waals surface area contributed by atoms with Crippen molar-refractivity contribution in [3.8, 4) is 5.75 Å². The van der Waals surface area contributed by atoms with E-state index < -0.39 is 16.1 Å². The van der Waals surface area contributed by atoms with Crippen LogP contribution in [-0.2, 0) is 23.1 Å². The molecule has 4 rings (SSSR count).